The third-order valence-corrected chi connectivity index (χ3v) is 9.14. The van der Waals surface area contributed by atoms with Gasteiger partial charge in [0.15, 0.2) is 29.8 Å². The predicted molar refractivity (Wildman–Crippen MR) is 147 cm³/mol. The molecule has 0 aliphatic carbocycles. The highest BCUT2D eigenvalue weighted by atomic mass is 32.2. The molecule has 0 spiro atoms. The second-order valence-corrected chi connectivity index (χ2v) is 11.6. The molecule has 2 atom stereocenters. The van der Waals surface area contributed by atoms with Crippen LogP contribution in [0.15, 0.2) is 57.6 Å². The Bertz CT molecular complexity index is 1520. The van der Waals surface area contributed by atoms with Crippen molar-refractivity contribution in [2.24, 2.45) is 10.9 Å². The average Bonchev–Trinajstić information content (AvgIpc) is 3.54. The van der Waals surface area contributed by atoms with Crippen LogP contribution in [0.5, 0.6) is 0 Å². The molecule has 3 aromatic rings. The maximum absolute atomic E-state index is 13.1. The molecule has 16 heteroatoms. The van der Waals surface area contributed by atoms with Crippen LogP contribution < -0.4 is 21.4 Å². The minimum absolute atomic E-state index is 0.0609. The van der Waals surface area contributed by atoms with Gasteiger partial charge in [0.25, 0.3) is 11.8 Å². The number of oxime groups is 1. The van der Waals surface area contributed by atoms with Gasteiger partial charge in [0, 0.05) is 29.0 Å². The van der Waals surface area contributed by atoms with Crippen molar-refractivity contribution in [1.82, 2.24) is 19.6 Å². The van der Waals surface area contributed by atoms with Crippen molar-refractivity contribution in [2.75, 3.05) is 30.9 Å². The molecule has 1 saturated heterocycles. The molecule has 3 aromatic heterocycles. The number of carboxylic acid groups (broad SMARTS) is 1. The number of nitrogens with zero attached hydrogens (tertiary/aromatic N) is 5. The van der Waals surface area contributed by atoms with Crippen LogP contribution in [0, 0.1) is 0 Å². The zero-order chi connectivity index (χ0) is 27.7. The monoisotopic (exact) mass is 589 g/mol. The summed E-state index contributed by atoms with van der Waals surface area (Å²) < 4.78 is 3.94. The fourth-order valence-electron chi connectivity index (χ4n) is 4.38. The highest BCUT2D eigenvalue weighted by molar-refractivity contribution is 8.00. The molecule has 5 rings (SSSR count). The highest BCUT2D eigenvalue weighted by Gasteiger charge is 2.54. The number of aliphatic carboxylic acids is 1. The Morgan fingerprint density at radius 3 is 2.92 bits per heavy atom. The van der Waals surface area contributed by atoms with Crippen LogP contribution in [0.3, 0.4) is 0 Å². The lowest BCUT2D eigenvalue weighted by Gasteiger charge is -2.49. The first-order chi connectivity index (χ1) is 18.8. The van der Waals surface area contributed by atoms with Crippen molar-refractivity contribution in [1.29, 1.82) is 0 Å². The normalized spacial score (nSPS) is 19.2. The van der Waals surface area contributed by atoms with Crippen LogP contribution in [-0.4, -0.2) is 79.5 Å². The number of thiazole rings is 1. The fraction of sp³-hybridized carbons (Fsp3) is 0.304. The molecule has 0 radical (unpaired) electrons. The summed E-state index contributed by atoms with van der Waals surface area (Å²) in [7, 11) is 1.29. The number of nitrogen functional groups attached to an aromatic ring is 1. The zero-order valence-electron chi connectivity index (χ0n) is 20.6. The number of rotatable bonds is 10. The molecule has 2 amide bonds. The summed E-state index contributed by atoms with van der Waals surface area (Å²) in [5.74, 6) is -1.20. The van der Waals surface area contributed by atoms with Gasteiger partial charge in [-0.05, 0) is 12.1 Å². The molecule has 2 aliphatic rings. The molecule has 5 heterocycles. The number of nitrogens with two attached hydrogens (primary N) is 2. The Balaban J connectivity index is 1.33. The van der Waals surface area contributed by atoms with Crippen LogP contribution in [0.1, 0.15) is 5.69 Å². The number of thioether (sulfide) groups is 2. The molecular weight excluding hydrogens is 565 g/mol. The summed E-state index contributed by atoms with van der Waals surface area (Å²) in [6.07, 6.45) is 5.72. The summed E-state index contributed by atoms with van der Waals surface area (Å²) in [6.45, 7) is 0.878. The van der Waals surface area contributed by atoms with Crippen LogP contribution in [0.2, 0.25) is 0 Å². The number of hydrogen-bond donors (Lipinski definition) is 4. The van der Waals surface area contributed by atoms with E-state index in [1.807, 2.05) is 39.7 Å². The molecular formula is C23H25N8O5S3+. The van der Waals surface area contributed by atoms with Gasteiger partial charge in [0.05, 0.1) is 11.2 Å². The second kappa shape index (κ2) is 11.3. The number of carboxylic acids is 1. The van der Waals surface area contributed by atoms with Gasteiger partial charge >= 0.3 is 5.97 Å². The van der Waals surface area contributed by atoms with E-state index in [-0.39, 0.29) is 22.2 Å². The van der Waals surface area contributed by atoms with E-state index in [4.69, 9.17) is 16.3 Å². The van der Waals surface area contributed by atoms with Gasteiger partial charge in [-0.2, -0.15) is 4.57 Å². The number of amides is 2. The van der Waals surface area contributed by atoms with Crippen LogP contribution in [-0.2, 0) is 25.8 Å². The first-order valence-electron chi connectivity index (χ1n) is 11.7. The minimum Gasteiger partial charge on any atom is -0.477 e. The minimum atomic E-state index is -1.20. The van der Waals surface area contributed by atoms with Crippen molar-refractivity contribution in [3.05, 3.63) is 53.1 Å². The number of fused-ring (bicyclic) bond motifs is 2. The highest BCUT2D eigenvalue weighted by Crippen LogP contribution is 2.40. The van der Waals surface area contributed by atoms with Gasteiger partial charge in [-0.3, -0.25) is 14.5 Å². The van der Waals surface area contributed by atoms with E-state index < -0.39 is 29.2 Å². The van der Waals surface area contributed by atoms with E-state index >= 15 is 0 Å². The van der Waals surface area contributed by atoms with E-state index in [9.17, 15) is 19.5 Å². The molecule has 13 nitrogen and oxygen atoms in total. The van der Waals surface area contributed by atoms with E-state index in [2.05, 4.69) is 15.5 Å². The first kappa shape index (κ1) is 27.0. The summed E-state index contributed by atoms with van der Waals surface area (Å²) in [4.78, 5) is 48.4. The summed E-state index contributed by atoms with van der Waals surface area (Å²) in [6, 6.07) is 3.08. The molecule has 0 saturated carbocycles. The van der Waals surface area contributed by atoms with Gasteiger partial charge in [-0.25, -0.2) is 9.78 Å². The number of carbonyl (C=O) groups excluding carboxylic acids is 2. The smallest absolute Gasteiger partial charge is 0.352 e. The lowest BCUT2D eigenvalue weighted by Crippen LogP contribution is -2.71. The molecule has 2 aliphatic heterocycles. The average molecular weight is 590 g/mol. The third-order valence-electron chi connectivity index (χ3n) is 6.06. The van der Waals surface area contributed by atoms with Crippen LogP contribution in [0.25, 0.3) is 5.52 Å². The zero-order valence-corrected chi connectivity index (χ0v) is 23.1. The number of anilines is 1. The molecule has 0 bridgehead atoms. The Morgan fingerprint density at radius 2 is 2.23 bits per heavy atom. The lowest BCUT2D eigenvalue weighted by molar-refractivity contribution is -0.688. The fourth-order valence-corrected chi connectivity index (χ4v) is 7.06. The number of aromatic nitrogens is 3. The largest absolute Gasteiger partial charge is 0.477 e. The topological polar surface area (TPSA) is 182 Å². The van der Waals surface area contributed by atoms with Gasteiger partial charge in [-0.1, -0.05) is 5.16 Å². The Morgan fingerprint density at radius 1 is 1.41 bits per heavy atom. The Kier molecular flexibility index (Phi) is 7.79. The second-order valence-electron chi connectivity index (χ2n) is 8.51. The standard InChI is InChI=1S/C23H24N8O5S3/c1-36-28-16(14-11-39-23(25)26-14)19(32)27-17-20(33)31-18(22(34)35)12(10-38-21(17)31)8-29-5-6-30-13(9-29)2-3-15(30)37-7-4-24/h2-3,5-6,9,11,17,21H,4,7-8,10,24H2,1H3,(H3-,25,26,27,32,34,35)/p+1/t17-,21+/m1/s1. The maximum Gasteiger partial charge on any atom is 0.352 e. The number of carbonyl (C=O) groups is 3. The maximum atomic E-state index is 13.1. The molecule has 0 unspecified atom stereocenters. The SMILES string of the molecule is CON=C(C(=O)N[C@@H]1C(=O)N2C(C(=O)O)=C(C[n+]3ccn4c(SCCN)ccc4c3)CS[C@@H]12)c1csc(N)n1. The number of hydrogen-bond acceptors (Lipinski definition) is 11. The van der Waals surface area contributed by atoms with Gasteiger partial charge < -0.3 is 31.1 Å². The molecule has 204 valence electrons. The Labute approximate surface area is 234 Å². The first-order valence-corrected chi connectivity index (χ1v) is 14.6. The summed E-state index contributed by atoms with van der Waals surface area (Å²) in [5.41, 5.74) is 12.9. The Hall–Kier alpha value is -3.60. The molecule has 1 fully saturated rings. The van der Waals surface area contributed by atoms with Gasteiger partial charge in [0.1, 0.15) is 35.4 Å². The molecule has 39 heavy (non-hydrogen) atoms. The van der Waals surface area contributed by atoms with Gasteiger partial charge in [0.2, 0.25) is 0 Å². The third kappa shape index (κ3) is 5.19. The quantitative estimate of drug-likeness (QED) is 0.0833. The summed E-state index contributed by atoms with van der Waals surface area (Å²) in [5, 5.41) is 18.7. The van der Waals surface area contributed by atoms with E-state index in [1.54, 1.807) is 17.1 Å². The van der Waals surface area contributed by atoms with Gasteiger partial charge in [-0.15, -0.1) is 34.9 Å². The molecule has 6 N–H and O–H groups in total. The van der Waals surface area contributed by atoms with E-state index in [0.717, 1.165) is 27.6 Å². The number of β-lactam (4-membered cyclic amide) rings is 1. The van der Waals surface area contributed by atoms with E-state index in [0.29, 0.717) is 24.4 Å². The van der Waals surface area contributed by atoms with Crippen molar-refractivity contribution in [3.63, 3.8) is 0 Å². The molecule has 0 aromatic carbocycles. The van der Waals surface area contributed by atoms with Crippen LogP contribution >= 0.6 is 34.9 Å². The van der Waals surface area contributed by atoms with Crippen LogP contribution in [0.4, 0.5) is 5.13 Å². The van der Waals surface area contributed by atoms with Crippen molar-refractivity contribution in [2.45, 2.75) is 23.0 Å². The summed E-state index contributed by atoms with van der Waals surface area (Å²) >= 11 is 4.18. The van der Waals surface area contributed by atoms with Crippen molar-refractivity contribution >= 4 is 69.0 Å². The predicted octanol–water partition coefficient (Wildman–Crippen LogP) is 0.106. The lowest BCUT2D eigenvalue weighted by atomic mass is 10.0. The number of nitrogens with one attached hydrogen (secondary N) is 1. The van der Waals surface area contributed by atoms with Crippen molar-refractivity contribution < 1.29 is 28.9 Å². The van der Waals surface area contributed by atoms with Crippen molar-refractivity contribution in [3.8, 4) is 0 Å². The van der Waals surface area contributed by atoms with E-state index in [1.165, 1.54) is 23.8 Å².